The Kier molecular flexibility index (Phi) is 10.8. The summed E-state index contributed by atoms with van der Waals surface area (Å²) in [5.74, 6) is 1.77. The smallest absolute Gasteiger partial charge is 0.159 e. The molecule has 2 aromatic rings. The molecule has 0 aliphatic carbocycles. The molecule has 0 fully saturated rings. The standard InChI is InChI=1S/C29H42N2O2/c1-29(32,31-28-18-11-6-4-2-3-5-7-13-23-30-28)26-19-21-27(22-20-26)33-24-14-12-17-25-15-9-8-10-16-25/h8-10,15-16,19-22,32H,2-7,11-14,17-18,23-24H2,1H3,(H,30,31). The second-order valence-corrected chi connectivity index (χ2v) is 9.42. The van der Waals surface area contributed by atoms with E-state index in [2.05, 4.69) is 35.6 Å². The van der Waals surface area contributed by atoms with E-state index in [0.29, 0.717) is 6.61 Å². The fourth-order valence-electron chi connectivity index (χ4n) is 4.35. The van der Waals surface area contributed by atoms with Gasteiger partial charge in [-0.05, 0) is 56.7 Å². The van der Waals surface area contributed by atoms with Gasteiger partial charge in [-0.2, -0.15) is 0 Å². The van der Waals surface area contributed by atoms with Gasteiger partial charge < -0.3 is 15.2 Å². The average Bonchev–Trinajstić information content (AvgIpc) is 2.81. The molecule has 0 spiro atoms. The molecule has 0 aromatic heterocycles. The number of benzene rings is 2. The van der Waals surface area contributed by atoms with Crippen molar-refractivity contribution in [3.05, 3.63) is 65.7 Å². The fraction of sp³-hybridized carbons (Fsp3) is 0.552. The molecule has 4 heteroatoms. The van der Waals surface area contributed by atoms with Crippen molar-refractivity contribution in [2.24, 2.45) is 4.99 Å². The zero-order valence-electron chi connectivity index (χ0n) is 20.4. The highest BCUT2D eigenvalue weighted by Crippen LogP contribution is 2.22. The summed E-state index contributed by atoms with van der Waals surface area (Å²) in [6.07, 6.45) is 14.2. The summed E-state index contributed by atoms with van der Waals surface area (Å²) in [4.78, 5) is 4.79. The van der Waals surface area contributed by atoms with Gasteiger partial charge in [0.1, 0.15) is 5.75 Å². The number of unbranched alkanes of at least 4 members (excludes halogenated alkanes) is 1. The van der Waals surface area contributed by atoms with Gasteiger partial charge in [0.05, 0.1) is 12.4 Å². The van der Waals surface area contributed by atoms with Crippen LogP contribution < -0.4 is 10.1 Å². The third kappa shape index (κ3) is 9.59. The Morgan fingerprint density at radius 1 is 0.848 bits per heavy atom. The van der Waals surface area contributed by atoms with Crippen molar-refractivity contribution in [1.82, 2.24) is 5.32 Å². The van der Waals surface area contributed by atoms with Gasteiger partial charge >= 0.3 is 0 Å². The van der Waals surface area contributed by atoms with Crippen molar-refractivity contribution in [3.8, 4) is 5.75 Å². The molecule has 1 aliphatic rings. The van der Waals surface area contributed by atoms with Crippen LogP contribution in [0.3, 0.4) is 0 Å². The molecule has 180 valence electrons. The first-order valence-electron chi connectivity index (χ1n) is 12.9. The highest BCUT2D eigenvalue weighted by molar-refractivity contribution is 5.82. The number of amidine groups is 1. The van der Waals surface area contributed by atoms with Crippen molar-refractivity contribution in [2.75, 3.05) is 13.2 Å². The monoisotopic (exact) mass is 450 g/mol. The average molecular weight is 451 g/mol. The second-order valence-electron chi connectivity index (χ2n) is 9.42. The van der Waals surface area contributed by atoms with E-state index >= 15 is 0 Å². The molecule has 33 heavy (non-hydrogen) atoms. The summed E-state index contributed by atoms with van der Waals surface area (Å²) in [5.41, 5.74) is 1.06. The minimum atomic E-state index is -1.15. The molecule has 0 radical (unpaired) electrons. The van der Waals surface area contributed by atoms with Crippen molar-refractivity contribution in [2.45, 2.75) is 89.7 Å². The van der Waals surface area contributed by atoms with Crippen molar-refractivity contribution < 1.29 is 9.84 Å². The molecule has 3 rings (SSSR count). The van der Waals surface area contributed by atoms with E-state index < -0.39 is 5.72 Å². The third-order valence-electron chi connectivity index (χ3n) is 6.40. The van der Waals surface area contributed by atoms with Crippen LogP contribution in [0.25, 0.3) is 0 Å². The highest BCUT2D eigenvalue weighted by Gasteiger charge is 2.24. The molecule has 0 saturated heterocycles. The summed E-state index contributed by atoms with van der Waals surface area (Å²) in [5, 5.41) is 14.5. The minimum absolute atomic E-state index is 0.706. The largest absolute Gasteiger partial charge is 0.494 e. The predicted molar refractivity (Wildman–Crippen MR) is 138 cm³/mol. The summed E-state index contributed by atoms with van der Waals surface area (Å²) < 4.78 is 5.91. The second kappa shape index (κ2) is 14.0. The third-order valence-corrected chi connectivity index (χ3v) is 6.40. The van der Waals surface area contributed by atoms with Crippen LogP contribution in [0.15, 0.2) is 59.6 Å². The van der Waals surface area contributed by atoms with Crippen molar-refractivity contribution in [3.63, 3.8) is 0 Å². The van der Waals surface area contributed by atoms with Crippen LogP contribution in [-0.2, 0) is 12.1 Å². The van der Waals surface area contributed by atoms with Gasteiger partial charge in [-0.1, -0.05) is 81.0 Å². The molecule has 0 amide bonds. The summed E-state index contributed by atoms with van der Waals surface area (Å²) in [7, 11) is 0. The van der Waals surface area contributed by atoms with Gasteiger partial charge in [0.25, 0.3) is 0 Å². The zero-order valence-corrected chi connectivity index (χ0v) is 20.4. The Labute approximate surface area is 200 Å². The molecule has 1 heterocycles. The number of aliphatic hydroxyl groups is 1. The fourth-order valence-corrected chi connectivity index (χ4v) is 4.35. The van der Waals surface area contributed by atoms with E-state index in [-0.39, 0.29) is 0 Å². The minimum Gasteiger partial charge on any atom is -0.494 e. The Hall–Kier alpha value is -2.33. The van der Waals surface area contributed by atoms with Crippen LogP contribution >= 0.6 is 0 Å². The number of nitrogens with one attached hydrogen (secondary N) is 1. The topological polar surface area (TPSA) is 53.8 Å². The Morgan fingerprint density at radius 2 is 1.52 bits per heavy atom. The Morgan fingerprint density at radius 3 is 2.24 bits per heavy atom. The maximum atomic E-state index is 11.1. The first-order chi connectivity index (χ1) is 16.1. The number of ether oxygens (including phenoxy) is 1. The number of hydrogen-bond acceptors (Lipinski definition) is 4. The normalized spacial score (nSPS) is 17.7. The van der Waals surface area contributed by atoms with Gasteiger partial charge in [0, 0.05) is 18.5 Å². The van der Waals surface area contributed by atoms with Gasteiger partial charge in [0.2, 0.25) is 0 Å². The number of aliphatic imine (C=N–C) groups is 1. The van der Waals surface area contributed by atoms with Gasteiger partial charge in [-0.25, -0.2) is 0 Å². The SMILES string of the molecule is CC(O)(NC1=NCCCCCCCCCC1)c1ccc(OCCCCc2ccccc2)cc1. The predicted octanol–water partition coefficient (Wildman–Crippen LogP) is 6.77. The maximum absolute atomic E-state index is 11.1. The van der Waals surface area contributed by atoms with Gasteiger partial charge in [0.15, 0.2) is 5.72 Å². The van der Waals surface area contributed by atoms with Crippen molar-refractivity contribution >= 4 is 5.84 Å². The summed E-state index contributed by atoms with van der Waals surface area (Å²) >= 11 is 0. The lowest BCUT2D eigenvalue weighted by molar-refractivity contribution is 0.0402. The quantitative estimate of drug-likeness (QED) is 0.345. The number of rotatable bonds is 8. The molecule has 4 nitrogen and oxygen atoms in total. The molecular formula is C29H42N2O2. The summed E-state index contributed by atoms with van der Waals surface area (Å²) in [6.45, 7) is 3.36. The van der Waals surface area contributed by atoms with Crippen molar-refractivity contribution in [1.29, 1.82) is 0 Å². The first-order valence-corrected chi connectivity index (χ1v) is 12.9. The zero-order chi connectivity index (χ0) is 23.2. The van der Waals surface area contributed by atoms with E-state index in [1.54, 1.807) is 0 Å². The maximum Gasteiger partial charge on any atom is 0.159 e. The van der Waals surface area contributed by atoms with Crippen LogP contribution in [0.1, 0.15) is 88.7 Å². The number of aryl methyl sites for hydroxylation is 1. The van der Waals surface area contributed by atoms with Gasteiger partial charge in [-0.3, -0.25) is 4.99 Å². The summed E-state index contributed by atoms with van der Waals surface area (Å²) in [6, 6.07) is 18.4. The molecular weight excluding hydrogens is 408 g/mol. The Bertz CT molecular complexity index is 815. The molecule has 1 unspecified atom stereocenters. The van der Waals surface area contributed by atoms with E-state index in [4.69, 9.17) is 9.73 Å². The molecule has 0 bridgehead atoms. The van der Waals surface area contributed by atoms with E-state index in [9.17, 15) is 5.11 Å². The van der Waals surface area contributed by atoms with Crippen LogP contribution in [0.5, 0.6) is 5.75 Å². The van der Waals surface area contributed by atoms with Crippen LogP contribution in [0.4, 0.5) is 0 Å². The van der Waals surface area contributed by atoms with Crippen LogP contribution in [-0.4, -0.2) is 24.1 Å². The lowest BCUT2D eigenvalue weighted by Gasteiger charge is -2.28. The van der Waals surface area contributed by atoms with E-state index in [0.717, 1.165) is 62.2 Å². The molecule has 2 N–H and O–H groups in total. The molecule has 0 saturated carbocycles. The lowest BCUT2D eigenvalue weighted by Crippen LogP contribution is -2.43. The molecule has 1 atom stereocenters. The number of nitrogens with zero attached hydrogens (tertiary/aromatic N) is 1. The van der Waals surface area contributed by atoms with Gasteiger partial charge in [-0.15, -0.1) is 0 Å². The van der Waals surface area contributed by atoms with Crippen LogP contribution in [0.2, 0.25) is 0 Å². The van der Waals surface area contributed by atoms with Crippen LogP contribution in [0, 0.1) is 0 Å². The number of hydrogen-bond donors (Lipinski definition) is 2. The Balaban J connectivity index is 1.46. The highest BCUT2D eigenvalue weighted by atomic mass is 16.5. The van der Waals surface area contributed by atoms with E-state index in [1.807, 2.05) is 31.2 Å². The molecule has 1 aliphatic heterocycles. The van der Waals surface area contributed by atoms with E-state index in [1.165, 1.54) is 44.1 Å². The first kappa shape index (κ1) is 25.3. The lowest BCUT2D eigenvalue weighted by atomic mass is 10.0. The molecule has 2 aromatic carbocycles.